The monoisotopic (exact) mass is 355 g/mol. The highest BCUT2D eigenvalue weighted by Crippen LogP contribution is 2.04. The summed E-state index contributed by atoms with van der Waals surface area (Å²) in [4.78, 5) is 35.2. The van der Waals surface area contributed by atoms with E-state index in [4.69, 9.17) is 10.5 Å². The Morgan fingerprint density at radius 2 is 1.50 bits per heavy atom. The number of esters is 1. The number of ether oxygens (including phenoxy) is 1. The third-order valence-corrected chi connectivity index (χ3v) is 3.57. The van der Waals surface area contributed by atoms with E-state index in [0.717, 1.165) is 11.1 Å². The molecular weight excluding hydrogens is 334 g/mol. The van der Waals surface area contributed by atoms with E-state index in [-0.39, 0.29) is 19.6 Å². The van der Waals surface area contributed by atoms with Gasteiger partial charge in [0.25, 0.3) is 0 Å². The Morgan fingerprint density at radius 1 is 0.923 bits per heavy atom. The van der Waals surface area contributed by atoms with Crippen molar-refractivity contribution >= 4 is 17.9 Å². The second-order valence-electron chi connectivity index (χ2n) is 5.61. The van der Waals surface area contributed by atoms with Crippen molar-refractivity contribution in [2.45, 2.75) is 19.1 Å². The minimum absolute atomic E-state index is 0.128. The maximum Gasteiger partial charge on any atom is 0.325 e. The second-order valence-corrected chi connectivity index (χ2v) is 5.61. The van der Waals surface area contributed by atoms with Crippen LogP contribution in [0.15, 0.2) is 60.7 Å². The number of rotatable bonds is 8. The van der Waals surface area contributed by atoms with E-state index in [9.17, 15) is 14.4 Å². The number of hydrogen-bond donors (Lipinski definition) is 3. The summed E-state index contributed by atoms with van der Waals surface area (Å²) in [5, 5.41) is 4.85. The van der Waals surface area contributed by atoms with E-state index < -0.39 is 23.9 Å². The quantitative estimate of drug-likeness (QED) is 0.616. The molecule has 0 saturated carbocycles. The van der Waals surface area contributed by atoms with Gasteiger partial charge in [0.05, 0.1) is 0 Å². The second kappa shape index (κ2) is 9.83. The van der Waals surface area contributed by atoms with Crippen LogP contribution in [0.3, 0.4) is 0 Å². The van der Waals surface area contributed by atoms with Crippen molar-refractivity contribution in [3.63, 3.8) is 0 Å². The molecule has 0 spiro atoms. The molecule has 0 saturated heterocycles. The van der Waals surface area contributed by atoms with E-state index in [1.807, 2.05) is 60.7 Å². The first-order valence-corrected chi connectivity index (χ1v) is 8.12. The van der Waals surface area contributed by atoms with Gasteiger partial charge in [-0.3, -0.25) is 9.59 Å². The lowest BCUT2D eigenvalue weighted by Gasteiger charge is -2.17. The van der Waals surface area contributed by atoms with Crippen LogP contribution in [0, 0.1) is 0 Å². The molecule has 0 heterocycles. The summed E-state index contributed by atoms with van der Waals surface area (Å²) in [6, 6.07) is 16.7. The average Bonchev–Trinajstić information content (AvgIpc) is 2.65. The number of nitrogens with one attached hydrogen (secondary N) is 2. The van der Waals surface area contributed by atoms with Gasteiger partial charge in [-0.15, -0.1) is 0 Å². The van der Waals surface area contributed by atoms with Crippen molar-refractivity contribution in [3.8, 4) is 0 Å². The summed E-state index contributed by atoms with van der Waals surface area (Å²) < 4.78 is 5.09. The molecule has 1 atom stereocenters. The molecule has 136 valence electrons. The minimum atomic E-state index is -0.878. The molecule has 0 radical (unpaired) electrons. The summed E-state index contributed by atoms with van der Waals surface area (Å²) in [5.41, 5.74) is 6.84. The molecule has 0 fully saturated rings. The summed E-state index contributed by atoms with van der Waals surface area (Å²) >= 11 is 0. The molecule has 0 aliphatic rings. The van der Waals surface area contributed by atoms with Crippen molar-refractivity contribution in [2.24, 2.45) is 5.73 Å². The number of carbonyl (C=O) groups is 3. The standard InChI is InChI=1S/C19H21N3O4/c20-19(25)22-16(11-14-7-3-1-4-8-14)18(24)21-12-17(23)26-13-15-9-5-2-6-10-15/h1-10,16H,11-13H2,(H,21,24)(H3,20,22,25)/t16-/m1/s1. The normalized spacial score (nSPS) is 11.2. The fourth-order valence-corrected chi connectivity index (χ4v) is 2.30. The zero-order valence-corrected chi connectivity index (χ0v) is 14.2. The zero-order valence-electron chi connectivity index (χ0n) is 14.2. The van der Waals surface area contributed by atoms with Gasteiger partial charge in [-0.05, 0) is 11.1 Å². The number of primary amides is 1. The van der Waals surface area contributed by atoms with Crippen LogP contribution in [0.1, 0.15) is 11.1 Å². The van der Waals surface area contributed by atoms with Crippen LogP contribution in [0.4, 0.5) is 4.79 Å². The number of hydrogen-bond acceptors (Lipinski definition) is 4. The van der Waals surface area contributed by atoms with Gasteiger partial charge >= 0.3 is 12.0 Å². The third-order valence-electron chi connectivity index (χ3n) is 3.57. The van der Waals surface area contributed by atoms with Gasteiger partial charge < -0.3 is 21.1 Å². The minimum Gasteiger partial charge on any atom is -0.460 e. The molecule has 4 N–H and O–H groups in total. The molecule has 0 aliphatic carbocycles. The molecule has 3 amide bonds. The van der Waals surface area contributed by atoms with Gasteiger partial charge in [0.15, 0.2) is 0 Å². The average molecular weight is 355 g/mol. The largest absolute Gasteiger partial charge is 0.460 e. The first-order chi connectivity index (χ1) is 12.5. The van der Waals surface area contributed by atoms with Gasteiger partial charge in [-0.2, -0.15) is 0 Å². The van der Waals surface area contributed by atoms with Gasteiger partial charge in [0.1, 0.15) is 19.2 Å². The van der Waals surface area contributed by atoms with Crippen LogP contribution in [0.2, 0.25) is 0 Å². The highest BCUT2D eigenvalue weighted by atomic mass is 16.5. The van der Waals surface area contributed by atoms with Gasteiger partial charge in [-0.1, -0.05) is 60.7 Å². The van der Waals surface area contributed by atoms with Crippen LogP contribution in [0.25, 0.3) is 0 Å². The molecule has 2 aromatic carbocycles. The van der Waals surface area contributed by atoms with Crippen molar-refractivity contribution < 1.29 is 19.1 Å². The maximum absolute atomic E-state index is 12.3. The van der Waals surface area contributed by atoms with Crippen LogP contribution in [0.5, 0.6) is 0 Å². The molecule has 0 aliphatic heterocycles. The number of nitrogens with two attached hydrogens (primary N) is 1. The van der Waals surface area contributed by atoms with Crippen LogP contribution < -0.4 is 16.4 Å². The summed E-state index contributed by atoms with van der Waals surface area (Å²) in [6.07, 6.45) is 0.259. The Balaban J connectivity index is 1.83. The van der Waals surface area contributed by atoms with Crippen molar-refractivity contribution in [1.82, 2.24) is 10.6 Å². The van der Waals surface area contributed by atoms with E-state index >= 15 is 0 Å². The summed E-state index contributed by atoms with van der Waals surface area (Å²) in [5.74, 6) is -1.08. The summed E-state index contributed by atoms with van der Waals surface area (Å²) in [6.45, 7) is -0.167. The van der Waals surface area contributed by atoms with Crippen LogP contribution in [-0.4, -0.2) is 30.5 Å². The zero-order chi connectivity index (χ0) is 18.8. The van der Waals surface area contributed by atoms with Gasteiger partial charge in [0, 0.05) is 6.42 Å². The van der Waals surface area contributed by atoms with Crippen LogP contribution in [-0.2, 0) is 27.4 Å². The predicted molar refractivity (Wildman–Crippen MR) is 95.9 cm³/mol. The Kier molecular flexibility index (Phi) is 7.17. The molecule has 7 heteroatoms. The molecule has 7 nitrogen and oxygen atoms in total. The molecular formula is C19H21N3O4. The van der Waals surface area contributed by atoms with Crippen molar-refractivity contribution in [3.05, 3.63) is 71.8 Å². The predicted octanol–water partition coefficient (Wildman–Crippen LogP) is 1.13. The lowest BCUT2D eigenvalue weighted by molar-refractivity contribution is -0.145. The lowest BCUT2D eigenvalue weighted by Crippen LogP contribution is -2.50. The number of carbonyl (C=O) groups excluding carboxylic acids is 3. The Labute approximate surface area is 151 Å². The number of urea groups is 1. The molecule has 26 heavy (non-hydrogen) atoms. The fourth-order valence-electron chi connectivity index (χ4n) is 2.30. The van der Waals surface area contributed by atoms with E-state index in [0.29, 0.717) is 0 Å². The number of benzene rings is 2. The van der Waals surface area contributed by atoms with Crippen molar-refractivity contribution in [2.75, 3.05) is 6.54 Å². The van der Waals surface area contributed by atoms with E-state index in [1.54, 1.807) is 0 Å². The fraction of sp³-hybridized carbons (Fsp3) is 0.211. The molecule has 2 aromatic rings. The lowest BCUT2D eigenvalue weighted by atomic mass is 10.1. The molecule has 0 aromatic heterocycles. The first kappa shape index (κ1) is 19.0. The molecule has 0 bridgehead atoms. The van der Waals surface area contributed by atoms with Gasteiger partial charge in [0.2, 0.25) is 5.91 Å². The molecule has 2 rings (SSSR count). The Bertz CT molecular complexity index is 735. The smallest absolute Gasteiger partial charge is 0.325 e. The third kappa shape index (κ3) is 6.64. The Morgan fingerprint density at radius 3 is 2.08 bits per heavy atom. The molecule has 0 unspecified atom stereocenters. The van der Waals surface area contributed by atoms with Gasteiger partial charge in [-0.25, -0.2) is 4.79 Å². The van der Waals surface area contributed by atoms with E-state index in [1.165, 1.54) is 0 Å². The van der Waals surface area contributed by atoms with Crippen LogP contribution >= 0.6 is 0 Å². The van der Waals surface area contributed by atoms with Crippen molar-refractivity contribution in [1.29, 1.82) is 0 Å². The SMILES string of the molecule is NC(=O)N[C@H](Cc1ccccc1)C(=O)NCC(=O)OCc1ccccc1. The first-order valence-electron chi connectivity index (χ1n) is 8.12. The summed E-state index contributed by atoms with van der Waals surface area (Å²) in [7, 11) is 0. The maximum atomic E-state index is 12.3. The highest BCUT2D eigenvalue weighted by Gasteiger charge is 2.21. The Hall–Kier alpha value is -3.35. The number of amides is 3. The highest BCUT2D eigenvalue weighted by molar-refractivity contribution is 5.89. The topological polar surface area (TPSA) is 111 Å². The van der Waals surface area contributed by atoms with E-state index in [2.05, 4.69) is 10.6 Å².